The van der Waals surface area contributed by atoms with E-state index in [9.17, 15) is 9.90 Å². The summed E-state index contributed by atoms with van der Waals surface area (Å²) in [5.41, 5.74) is 6.97. The van der Waals surface area contributed by atoms with Gasteiger partial charge in [-0.3, -0.25) is 4.40 Å². The number of aromatic hydroxyl groups is 1. The number of imidazole rings is 1. The maximum absolute atomic E-state index is 13.5. The minimum atomic E-state index is -0.960. The van der Waals surface area contributed by atoms with Crippen molar-refractivity contribution in [3.05, 3.63) is 107 Å². The van der Waals surface area contributed by atoms with Crippen LogP contribution in [0, 0.1) is 13.8 Å². The predicted octanol–water partition coefficient (Wildman–Crippen LogP) is 9.02. The number of anilines is 1. The van der Waals surface area contributed by atoms with Gasteiger partial charge in [-0.05, 0) is 102 Å². The largest absolute Gasteiger partial charge is 0.507 e. The molecular formula is C46H57N3O7. The smallest absolute Gasteiger partial charge is 0.339 e. The van der Waals surface area contributed by atoms with E-state index in [0.29, 0.717) is 39.5 Å². The summed E-state index contributed by atoms with van der Waals surface area (Å²) in [6, 6.07) is 25.8. The average molecular weight is 764 g/mol. The average Bonchev–Trinajstić information content (AvgIpc) is 3.60. The summed E-state index contributed by atoms with van der Waals surface area (Å²) in [5, 5.41) is 10.7. The highest BCUT2D eigenvalue weighted by Gasteiger charge is 2.37. The number of aromatic nitrogens is 2. The molecule has 2 atom stereocenters. The van der Waals surface area contributed by atoms with E-state index < -0.39 is 17.7 Å². The Hall–Kier alpha value is -4.74. The van der Waals surface area contributed by atoms with E-state index in [1.54, 1.807) is 6.07 Å². The fourth-order valence-corrected chi connectivity index (χ4v) is 7.24. The van der Waals surface area contributed by atoms with Crippen LogP contribution in [0.3, 0.4) is 0 Å². The first-order valence-corrected chi connectivity index (χ1v) is 19.5. The lowest BCUT2D eigenvalue weighted by atomic mass is 9.92. The molecule has 10 nitrogen and oxygen atoms in total. The molecule has 1 saturated heterocycles. The monoisotopic (exact) mass is 763 g/mol. The summed E-state index contributed by atoms with van der Waals surface area (Å²) in [7, 11) is 1.40. The molecule has 3 heterocycles. The molecule has 1 aliphatic heterocycles. The molecule has 0 aliphatic carbocycles. The molecule has 56 heavy (non-hydrogen) atoms. The van der Waals surface area contributed by atoms with Gasteiger partial charge in [-0.1, -0.05) is 60.2 Å². The van der Waals surface area contributed by atoms with Crippen LogP contribution in [0.1, 0.15) is 75.8 Å². The number of rotatable bonds is 15. The molecule has 10 heteroatoms. The van der Waals surface area contributed by atoms with Gasteiger partial charge in [0.25, 0.3) is 0 Å². The van der Waals surface area contributed by atoms with Gasteiger partial charge in [0, 0.05) is 36.0 Å². The fourth-order valence-electron chi connectivity index (χ4n) is 7.24. The van der Waals surface area contributed by atoms with Crippen molar-refractivity contribution in [2.24, 2.45) is 0 Å². The van der Waals surface area contributed by atoms with E-state index in [1.807, 2.05) is 102 Å². The Morgan fingerprint density at radius 2 is 1.68 bits per heavy atom. The van der Waals surface area contributed by atoms with Crippen LogP contribution in [0.4, 0.5) is 5.82 Å². The standard InChI is InChI=1S/C46H57N3O7/c1-31-17-18-39(50)37(25-31)35-15-12-16-36(27-35)38-28-49-40(47-38)26-32(2)41(42(44(51)52-8)56-45(4,5)6)43(49)48-21-19-46(7,20-22-48)55-24-23-53-29-33(3)54-30-34-13-10-9-11-14-34/h9-18,25-28,33,42,50H,19-24,29-30H2,1-8H3/t33-,42+/m1/s1. The molecule has 0 radical (unpaired) electrons. The van der Waals surface area contributed by atoms with Crippen LogP contribution >= 0.6 is 0 Å². The Kier molecular flexibility index (Phi) is 12.9. The molecule has 3 aromatic carbocycles. The Labute approximate surface area is 331 Å². The first-order valence-electron chi connectivity index (χ1n) is 19.5. The van der Waals surface area contributed by atoms with E-state index in [-0.39, 0.29) is 17.5 Å². The van der Waals surface area contributed by atoms with Crippen molar-refractivity contribution in [3.8, 4) is 28.1 Å². The third-order valence-electron chi connectivity index (χ3n) is 10.3. The second-order valence-corrected chi connectivity index (χ2v) is 16.1. The quantitative estimate of drug-likeness (QED) is 0.0827. The first-order chi connectivity index (χ1) is 26.7. The number of nitrogens with zero attached hydrogens (tertiary/aromatic N) is 3. The lowest BCUT2D eigenvalue weighted by molar-refractivity contribution is -0.164. The molecule has 5 aromatic rings. The van der Waals surface area contributed by atoms with E-state index in [1.165, 1.54) is 7.11 Å². The first kappa shape index (κ1) is 40.9. The Balaban J connectivity index is 1.23. The van der Waals surface area contributed by atoms with E-state index in [0.717, 1.165) is 68.9 Å². The summed E-state index contributed by atoms with van der Waals surface area (Å²) in [6.07, 6.45) is 2.58. The number of piperidine rings is 1. The molecule has 0 amide bonds. The number of aryl methyl sites for hydroxylation is 2. The summed E-state index contributed by atoms with van der Waals surface area (Å²) in [5.74, 6) is 0.616. The Bertz CT molecular complexity index is 2100. The van der Waals surface area contributed by atoms with Gasteiger partial charge in [-0.2, -0.15) is 0 Å². The molecule has 0 bridgehead atoms. The highest BCUT2D eigenvalue weighted by molar-refractivity contribution is 5.81. The zero-order valence-electron chi connectivity index (χ0n) is 34.1. The Morgan fingerprint density at radius 3 is 2.39 bits per heavy atom. The number of hydrogen-bond donors (Lipinski definition) is 1. The topological polar surface area (TPSA) is 104 Å². The van der Waals surface area contributed by atoms with Crippen molar-refractivity contribution in [2.75, 3.05) is 44.9 Å². The number of hydrogen-bond acceptors (Lipinski definition) is 9. The van der Waals surface area contributed by atoms with E-state index in [4.69, 9.17) is 28.7 Å². The molecule has 0 unspecified atom stereocenters. The molecule has 1 N–H and O–H groups in total. The van der Waals surface area contributed by atoms with Gasteiger partial charge in [0.2, 0.25) is 0 Å². The van der Waals surface area contributed by atoms with Crippen molar-refractivity contribution in [3.63, 3.8) is 0 Å². The highest BCUT2D eigenvalue weighted by Crippen LogP contribution is 2.40. The molecule has 1 fully saturated rings. The van der Waals surface area contributed by atoms with Crippen molar-refractivity contribution >= 4 is 17.4 Å². The number of carbonyl (C=O) groups is 1. The van der Waals surface area contributed by atoms with Crippen LogP contribution in [-0.4, -0.2) is 77.8 Å². The summed E-state index contributed by atoms with van der Waals surface area (Å²) in [4.78, 5) is 21.0. The number of carbonyl (C=O) groups excluding carboxylic acids is 1. The number of phenols is 1. The van der Waals surface area contributed by atoms with Crippen molar-refractivity contribution in [1.29, 1.82) is 0 Å². The lowest BCUT2D eigenvalue weighted by Gasteiger charge is -2.41. The van der Waals surface area contributed by atoms with Crippen LogP contribution in [0.25, 0.3) is 28.0 Å². The van der Waals surface area contributed by atoms with Gasteiger partial charge in [0.05, 0.1) is 56.5 Å². The van der Waals surface area contributed by atoms with Crippen molar-refractivity contribution < 1.29 is 33.6 Å². The van der Waals surface area contributed by atoms with Crippen LogP contribution in [-0.2, 0) is 35.1 Å². The predicted molar refractivity (Wildman–Crippen MR) is 220 cm³/mol. The van der Waals surface area contributed by atoms with Gasteiger partial charge >= 0.3 is 5.97 Å². The fraction of sp³-hybridized carbons (Fsp3) is 0.435. The SMILES string of the molecule is COC(=O)[C@@H](OC(C)(C)C)c1c(C)cc2nc(-c3cccc(-c4cc(C)ccc4O)c3)cn2c1N1CCC(C)(OCCOC[C@@H](C)OCc2ccccc2)CC1. The van der Waals surface area contributed by atoms with Crippen LogP contribution in [0.2, 0.25) is 0 Å². The number of esters is 1. The zero-order valence-corrected chi connectivity index (χ0v) is 34.1. The van der Waals surface area contributed by atoms with E-state index >= 15 is 0 Å². The molecule has 0 saturated carbocycles. The minimum absolute atomic E-state index is 0.0281. The minimum Gasteiger partial charge on any atom is -0.507 e. The number of pyridine rings is 1. The molecule has 1 aliphatic rings. The summed E-state index contributed by atoms with van der Waals surface area (Å²) < 4.78 is 32.3. The van der Waals surface area contributed by atoms with E-state index in [2.05, 4.69) is 34.4 Å². The molecule has 6 rings (SSSR count). The number of benzene rings is 3. The summed E-state index contributed by atoms with van der Waals surface area (Å²) >= 11 is 0. The van der Waals surface area contributed by atoms with Gasteiger partial charge in [-0.15, -0.1) is 0 Å². The zero-order chi connectivity index (χ0) is 40.0. The Morgan fingerprint density at radius 1 is 0.946 bits per heavy atom. The second kappa shape index (κ2) is 17.6. The number of methoxy groups -OCH3 is 1. The van der Waals surface area contributed by atoms with Crippen LogP contribution in [0.5, 0.6) is 5.75 Å². The van der Waals surface area contributed by atoms with Gasteiger partial charge in [0.15, 0.2) is 6.10 Å². The lowest BCUT2D eigenvalue weighted by Crippen LogP contribution is -2.46. The highest BCUT2D eigenvalue weighted by atomic mass is 16.6. The third kappa shape index (κ3) is 9.97. The van der Waals surface area contributed by atoms with Gasteiger partial charge in [-0.25, -0.2) is 9.78 Å². The number of phenolic OH excluding ortho intramolecular Hbond substituents is 1. The van der Waals surface area contributed by atoms with Crippen LogP contribution in [0.15, 0.2) is 85.1 Å². The molecule has 298 valence electrons. The molecule has 2 aromatic heterocycles. The van der Waals surface area contributed by atoms with Gasteiger partial charge in [0.1, 0.15) is 17.2 Å². The number of fused-ring (bicyclic) bond motifs is 1. The maximum Gasteiger partial charge on any atom is 0.339 e. The van der Waals surface area contributed by atoms with Crippen LogP contribution < -0.4 is 4.90 Å². The van der Waals surface area contributed by atoms with Gasteiger partial charge < -0.3 is 33.7 Å². The maximum atomic E-state index is 13.5. The second-order valence-electron chi connectivity index (χ2n) is 16.1. The third-order valence-corrected chi connectivity index (χ3v) is 10.3. The molecular weight excluding hydrogens is 707 g/mol. The normalized spacial score (nSPS) is 15.5. The molecule has 0 spiro atoms. The van der Waals surface area contributed by atoms with Crippen molar-refractivity contribution in [1.82, 2.24) is 9.38 Å². The van der Waals surface area contributed by atoms with Crippen molar-refractivity contribution in [2.45, 2.75) is 91.3 Å². The summed E-state index contributed by atoms with van der Waals surface area (Å²) in [6.45, 7) is 17.4. The number of ether oxygens (including phenoxy) is 5.